The van der Waals surface area contributed by atoms with Gasteiger partial charge in [0.1, 0.15) is 19.0 Å². The van der Waals surface area contributed by atoms with Gasteiger partial charge in [-0.1, -0.05) is 0 Å². The molecule has 1 aromatic rings. The van der Waals surface area contributed by atoms with Gasteiger partial charge in [0.2, 0.25) is 0 Å². The van der Waals surface area contributed by atoms with E-state index in [9.17, 15) is 4.21 Å². The van der Waals surface area contributed by atoms with Gasteiger partial charge < -0.3 is 10.5 Å². The smallest absolute Gasteiger partial charge is 0.266 e. The maximum absolute atomic E-state index is 10.5. The van der Waals surface area contributed by atoms with Crippen molar-refractivity contribution in [3.8, 4) is 5.75 Å². The Hall–Kier alpha value is -0.890. The number of benzene rings is 1. The van der Waals surface area contributed by atoms with Gasteiger partial charge in [0.15, 0.2) is 0 Å². The maximum Gasteiger partial charge on any atom is 0.266 e. The first-order chi connectivity index (χ1) is 6.97. The molecular weight excluding hydrogens is 238 g/mol. The minimum absolute atomic E-state index is 0.0385. The molecule has 0 aliphatic rings. The predicted molar refractivity (Wildman–Crippen MR) is 60.4 cm³/mol. The van der Waals surface area contributed by atoms with Crippen molar-refractivity contribution in [2.75, 3.05) is 18.9 Å². The molecule has 1 rings (SSSR count). The fourth-order valence-corrected chi connectivity index (χ4v) is 1.35. The maximum atomic E-state index is 10.5. The summed E-state index contributed by atoms with van der Waals surface area (Å²) in [6, 6.07) is 6.77. The Morgan fingerprint density at radius 1 is 1.33 bits per heavy atom. The third-order valence-corrected chi connectivity index (χ3v) is 2.22. The molecule has 15 heavy (non-hydrogen) atoms. The van der Waals surface area contributed by atoms with Crippen LogP contribution in [0.1, 0.15) is 0 Å². The Balaban J connectivity index is 2.29. The molecule has 3 N–H and O–H groups in total. The number of anilines is 1. The van der Waals surface area contributed by atoms with Crippen LogP contribution in [0, 0.1) is 0 Å². The molecule has 1 atom stereocenters. The topological polar surface area (TPSA) is 81.8 Å². The molecule has 0 saturated carbocycles. The highest BCUT2D eigenvalue weighted by Gasteiger charge is 1.99. The fraction of sp³-hybridized carbons (Fsp3) is 0.250. The summed E-state index contributed by atoms with van der Waals surface area (Å²) in [4.78, 5) is 0. The SMILES string of the molecule is Nc1ccc(OCCOS(=O)(O)=S)cc1. The van der Waals surface area contributed by atoms with Crippen LogP contribution < -0.4 is 10.5 Å². The Kier molecular flexibility index (Phi) is 4.28. The van der Waals surface area contributed by atoms with Gasteiger partial charge in [0.25, 0.3) is 9.05 Å². The van der Waals surface area contributed by atoms with Gasteiger partial charge in [-0.25, -0.2) is 0 Å². The second-order valence-electron chi connectivity index (χ2n) is 2.67. The number of nitrogen functional groups attached to an aromatic ring is 1. The molecule has 5 nitrogen and oxygen atoms in total. The fourth-order valence-electron chi connectivity index (χ4n) is 0.863. The van der Waals surface area contributed by atoms with Crippen LogP contribution in [0.25, 0.3) is 0 Å². The van der Waals surface area contributed by atoms with E-state index in [1.54, 1.807) is 24.3 Å². The van der Waals surface area contributed by atoms with E-state index in [2.05, 4.69) is 15.4 Å². The van der Waals surface area contributed by atoms with E-state index >= 15 is 0 Å². The largest absolute Gasteiger partial charge is 0.491 e. The van der Waals surface area contributed by atoms with E-state index in [0.29, 0.717) is 11.4 Å². The lowest BCUT2D eigenvalue weighted by Gasteiger charge is -2.06. The van der Waals surface area contributed by atoms with Gasteiger partial charge in [0.05, 0.1) is 0 Å². The predicted octanol–water partition coefficient (Wildman–Crippen LogP) is 0.799. The van der Waals surface area contributed by atoms with Crippen molar-refractivity contribution < 1.29 is 17.7 Å². The van der Waals surface area contributed by atoms with Gasteiger partial charge >= 0.3 is 0 Å². The first-order valence-electron chi connectivity index (χ1n) is 4.07. The van der Waals surface area contributed by atoms with Crippen LogP contribution in [0.2, 0.25) is 0 Å². The van der Waals surface area contributed by atoms with E-state index in [-0.39, 0.29) is 13.2 Å². The highest BCUT2D eigenvalue weighted by Crippen LogP contribution is 2.12. The van der Waals surface area contributed by atoms with Crippen molar-refractivity contribution in [2.45, 2.75) is 0 Å². The van der Waals surface area contributed by atoms with Crippen LogP contribution in [-0.4, -0.2) is 22.0 Å². The second kappa shape index (κ2) is 5.26. The van der Waals surface area contributed by atoms with Gasteiger partial charge in [-0.3, -0.25) is 8.74 Å². The number of hydrogen-bond donors (Lipinski definition) is 2. The van der Waals surface area contributed by atoms with Crippen LogP contribution >= 0.6 is 0 Å². The monoisotopic (exact) mass is 249 g/mol. The molecule has 0 bridgehead atoms. The molecular formula is C8H11NO4S2. The van der Waals surface area contributed by atoms with Crippen molar-refractivity contribution in [3.05, 3.63) is 24.3 Å². The van der Waals surface area contributed by atoms with E-state index < -0.39 is 9.05 Å². The van der Waals surface area contributed by atoms with Crippen molar-refractivity contribution in [3.63, 3.8) is 0 Å². The first kappa shape index (κ1) is 12.2. The van der Waals surface area contributed by atoms with Crippen LogP contribution in [0.4, 0.5) is 5.69 Å². The quantitative estimate of drug-likeness (QED) is 0.593. The van der Waals surface area contributed by atoms with Crippen molar-refractivity contribution in [1.29, 1.82) is 0 Å². The summed E-state index contributed by atoms with van der Waals surface area (Å²) in [7, 11) is -3.55. The summed E-state index contributed by atoms with van der Waals surface area (Å²) in [5.74, 6) is 0.613. The second-order valence-corrected chi connectivity index (χ2v) is 5.02. The summed E-state index contributed by atoms with van der Waals surface area (Å²) >= 11 is 4.12. The van der Waals surface area contributed by atoms with Crippen molar-refractivity contribution >= 4 is 25.9 Å². The average molecular weight is 249 g/mol. The Labute approximate surface area is 92.9 Å². The molecule has 1 aromatic carbocycles. The first-order valence-corrected chi connectivity index (χ1v) is 6.44. The molecule has 0 aliphatic heterocycles. The number of hydrogen-bond acceptors (Lipinski definition) is 5. The number of nitrogens with two attached hydrogens (primary N) is 1. The zero-order valence-corrected chi connectivity index (χ0v) is 9.42. The normalized spacial score (nSPS) is 14.5. The summed E-state index contributed by atoms with van der Waals surface area (Å²) in [5.41, 5.74) is 6.11. The Bertz CT molecular complexity index is 401. The lowest BCUT2D eigenvalue weighted by molar-refractivity contribution is 0.216. The van der Waals surface area contributed by atoms with Crippen LogP contribution in [-0.2, 0) is 24.4 Å². The lowest BCUT2D eigenvalue weighted by Crippen LogP contribution is -2.10. The average Bonchev–Trinajstić information content (AvgIpc) is 2.14. The van der Waals surface area contributed by atoms with E-state index in [1.165, 1.54) is 0 Å². The molecule has 0 aliphatic carbocycles. The van der Waals surface area contributed by atoms with Crippen LogP contribution in [0.3, 0.4) is 0 Å². The molecule has 84 valence electrons. The van der Waals surface area contributed by atoms with E-state index in [1.807, 2.05) is 0 Å². The summed E-state index contributed by atoms with van der Waals surface area (Å²) in [6.07, 6.45) is 0. The van der Waals surface area contributed by atoms with Gasteiger partial charge in [-0.05, 0) is 24.3 Å². The molecule has 0 saturated heterocycles. The summed E-state index contributed by atoms with van der Waals surface area (Å²) < 4.78 is 28.7. The summed E-state index contributed by atoms with van der Waals surface area (Å²) in [5, 5.41) is 0. The minimum Gasteiger partial charge on any atom is -0.491 e. The zero-order chi connectivity index (χ0) is 11.3. The Morgan fingerprint density at radius 3 is 2.47 bits per heavy atom. The molecule has 0 fully saturated rings. The van der Waals surface area contributed by atoms with Crippen molar-refractivity contribution in [2.24, 2.45) is 0 Å². The number of rotatable bonds is 5. The van der Waals surface area contributed by atoms with E-state index in [4.69, 9.17) is 15.0 Å². The highest BCUT2D eigenvalue weighted by atomic mass is 32.9. The van der Waals surface area contributed by atoms with Gasteiger partial charge in [-0.15, -0.1) is 0 Å². The Morgan fingerprint density at radius 2 is 1.93 bits per heavy atom. The van der Waals surface area contributed by atoms with Gasteiger partial charge in [0, 0.05) is 16.9 Å². The van der Waals surface area contributed by atoms with Crippen molar-refractivity contribution in [1.82, 2.24) is 0 Å². The van der Waals surface area contributed by atoms with Crippen LogP contribution in [0.5, 0.6) is 5.75 Å². The number of ether oxygens (including phenoxy) is 1. The molecule has 7 heteroatoms. The molecule has 0 amide bonds. The molecule has 0 spiro atoms. The summed E-state index contributed by atoms with van der Waals surface area (Å²) in [6.45, 7) is 0.112. The minimum atomic E-state index is -3.55. The molecule has 0 heterocycles. The lowest BCUT2D eigenvalue weighted by atomic mass is 10.3. The molecule has 1 unspecified atom stereocenters. The highest BCUT2D eigenvalue weighted by molar-refractivity contribution is 8.27. The zero-order valence-electron chi connectivity index (χ0n) is 7.79. The standard InChI is InChI=1S/C8H11NO4S2/c9-7-1-3-8(4-2-7)12-5-6-13-15(10,11)14/h1-4H,5-6,9H2,(H,10,11,14). The van der Waals surface area contributed by atoms with Gasteiger partial charge in [-0.2, -0.15) is 4.21 Å². The third-order valence-electron chi connectivity index (χ3n) is 1.46. The van der Waals surface area contributed by atoms with Crippen LogP contribution in [0.15, 0.2) is 24.3 Å². The third kappa shape index (κ3) is 5.53. The molecule has 0 radical (unpaired) electrons. The van der Waals surface area contributed by atoms with E-state index in [0.717, 1.165) is 0 Å². The molecule has 0 aromatic heterocycles.